The Morgan fingerprint density at radius 1 is 1.15 bits per heavy atom. The van der Waals surface area contributed by atoms with Crippen molar-refractivity contribution in [3.8, 4) is 0 Å². The zero-order valence-electron chi connectivity index (χ0n) is 7.53. The Morgan fingerprint density at radius 3 is 2.69 bits per heavy atom. The Balaban J connectivity index is 0.000000845. The predicted molar refractivity (Wildman–Crippen MR) is 61.4 cm³/mol. The summed E-state index contributed by atoms with van der Waals surface area (Å²) < 4.78 is 0. The number of hydrogen-bond acceptors (Lipinski definition) is 1. The Labute approximate surface area is 88.6 Å². The van der Waals surface area contributed by atoms with E-state index in [0.717, 1.165) is 6.42 Å². The fraction of sp³-hybridized carbons (Fsp3) is 0.182. The van der Waals surface area contributed by atoms with Gasteiger partial charge >= 0.3 is 0 Å². The van der Waals surface area contributed by atoms with Crippen LogP contribution in [0.4, 0.5) is 0 Å². The van der Waals surface area contributed by atoms with E-state index in [0.29, 0.717) is 0 Å². The van der Waals surface area contributed by atoms with Crippen LogP contribution in [0.2, 0.25) is 0 Å². The zero-order chi connectivity index (χ0) is 8.39. The maximum Gasteiger partial charge on any atom is 0.0479 e. The minimum atomic E-state index is 0. The van der Waals surface area contributed by atoms with Crippen molar-refractivity contribution in [2.24, 2.45) is 0 Å². The van der Waals surface area contributed by atoms with Gasteiger partial charge in [-0.15, -0.1) is 17.0 Å². The summed E-state index contributed by atoms with van der Waals surface area (Å²) in [4.78, 5) is 4.33. The minimum Gasteiger partial charge on any atom is -0.261 e. The molecule has 0 aliphatic carbocycles. The number of benzene rings is 1. The average Bonchev–Trinajstić information content (AvgIpc) is 2.17. The van der Waals surface area contributed by atoms with Crippen LogP contribution in [0.5, 0.6) is 0 Å². The normalized spacial score (nSPS) is 9.62. The molecule has 1 aromatic heterocycles. The molecule has 0 aliphatic rings. The third-order valence-corrected chi connectivity index (χ3v) is 2.09. The van der Waals surface area contributed by atoms with Gasteiger partial charge < -0.3 is 0 Å². The fourth-order valence-electron chi connectivity index (χ4n) is 1.46. The highest BCUT2D eigenvalue weighted by Crippen LogP contribution is 2.15. The lowest BCUT2D eigenvalue weighted by Crippen LogP contribution is -1.87. The van der Waals surface area contributed by atoms with Crippen molar-refractivity contribution in [2.45, 2.75) is 13.3 Å². The molecular formula is C11H12BrN. The van der Waals surface area contributed by atoms with E-state index in [1.165, 1.54) is 16.5 Å². The first-order valence-corrected chi connectivity index (χ1v) is 4.24. The van der Waals surface area contributed by atoms with Crippen LogP contribution in [-0.2, 0) is 6.42 Å². The van der Waals surface area contributed by atoms with Gasteiger partial charge in [0.05, 0.1) is 0 Å². The second-order valence-corrected chi connectivity index (χ2v) is 2.83. The minimum absolute atomic E-state index is 0. The first kappa shape index (κ1) is 10.2. The summed E-state index contributed by atoms with van der Waals surface area (Å²) in [6, 6.07) is 10.4. The Hall–Kier alpha value is -0.890. The number of nitrogens with zero attached hydrogens (tertiary/aromatic N) is 1. The van der Waals surface area contributed by atoms with Crippen molar-refractivity contribution < 1.29 is 0 Å². The molecule has 2 rings (SSSR count). The summed E-state index contributed by atoms with van der Waals surface area (Å²) in [5, 5.41) is 2.56. The smallest absolute Gasteiger partial charge is 0.0479 e. The van der Waals surface area contributed by atoms with Gasteiger partial charge in [-0.05, 0) is 17.9 Å². The van der Waals surface area contributed by atoms with Gasteiger partial charge in [0, 0.05) is 17.3 Å². The number of halogens is 1. The number of pyridine rings is 1. The summed E-state index contributed by atoms with van der Waals surface area (Å²) in [6.45, 7) is 2.13. The molecular weight excluding hydrogens is 226 g/mol. The van der Waals surface area contributed by atoms with Crippen molar-refractivity contribution >= 4 is 27.8 Å². The van der Waals surface area contributed by atoms with E-state index in [2.05, 4.69) is 42.2 Å². The molecule has 0 saturated carbocycles. The summed E-state index contributed by atoms with van der Waals surface area (Å²) >= 11 is 0. The number of rotatable bonds is 1. The van der Waals surface area contributed by atoms with Crippen molar-refractivity contribution in [2.75, 3.05) is 0 Å². The SMILES string of the molecule is Br.CCc1nccc2ccccc12. The Kier molecular flexibility index (Phi) is 3.43. The zero-order valence-corrected chi connectivity index (χ0v) is 9.24. The third kappa shape index (κ3) is 1.89. The van der Waals surface area contributed by atoms with Crippen LogP contribution in [0.25, 0.3) is 10.8 Å². The highest BCUT2D eigenvalue weighted by atomic mass is 79.9. The maximum absolute atomic E-state index is 4.33. The molecule has 0 atom stereocenters. The Morgan fingerprint density at radius 2 is 1.92 bits per heavy atom. The number of aryl methyl sites for hydroxylation is 1. The Bertz CT molecular complexity index is 393. The lowest BCUT2D eigenvalue weighted by atomic mass is 10.1. The molecule has 1 nitrogen and oxygen atoms in total. The molecule has 68 valence electrons. The first-order chi connectivity index (χ1) is 5.92. The molecule has 0 radical (unpaired) electrons. The van der Waals surface area contributed by atoms with Crippen LogP contribution in [-0.4, -0.2) is 4.98 Å². The van der Waals surface area contributed by atoms with E-state index in [9.17, 15) is 0 Å². The van der Waals surface area contributed by atoms with Crippen LogP contribution < -0.4 is 0 Å². The van der Waals surface area contributed by atoms with E-state index in [4.69, 9.17) is 0 Å². The molecule has 0 amide bonds. The highest BCUT2D eigenvalue weighted by Gasteiger charge is 1.97. The molecule has 0 N–H and O–H groups in total. The van der Waals surface area contributed by atoms with Crippen LogP contribution in [0.3, 0.4) is 0 Å². The van der Waals surface area contributed by atoms with Gasteiger partial charge in [0.1, 0.15) is 0 Å². The van der Waals surface area contributed by atoms with Crippen molar-refractivity contribution in [1.82, 2.24) is 4.98 Å². The van der Waals surface area contributed by atoms with E-state index < -0.39 is 0 Å². The standard InChI is InChI=1S/C11H11N.BrH/c1-2-11-10-6-4-3-5-9(10)7-8-12-11;/h3-8H,2H2,1H3;1H. The van der Waals surface area contributed by atoms with Crippen LogP contribution in [0, 0.1) is 0 Å². The van der Waals surface area contributed by atoms with Gasteiger partial charge in [0.15, 0.2) is 0 Å². The lowest BCUT2D eigenvalue weighted by molar-refractivity contribution is 1.06. The molecule has 0 spiro atoms. The summed E-state index contributed by atoms with van der Waals surface area (Å²) in [5.41, 5.74) is 1.19. The second kappa shape index (κ2) is 4.38. The quantitative estimate of drug-likeness (QED) is 0.742. The number of fused-ring (bicyclic) bond motifs is 1. The first-order valence-electron chi connectivity index (χ1n) is 4.24. The third-order valence-electron chi connectivity index (χ3n) is 2.09. The van der Waals surface area contributed by atoms with Gasteiger partial charge in [0.2, 0.25) is 0 Å². The van der Waals surface area contributed by atoms with Gasteiger partial charge in [-0.25, -0.2) is 0 Å². The molecule has 1 aromatic carbocycles. The van der Waals surface area contributed by atoms with Crippen molar-refractivity contribution in [3.05, 3.63) is 42.2 Å². The molecule has 0 bridgehead atoms. The van der Waals surface area contributed by atoms with Crippen molar-refractivity contribution in [1.29, 1.82) is 0 Å². The van der Waals surface area contributed by atoms with Crippen molar-refractivity contribution in [3.63, 3.8) is 0 Å². The maximum atomic E-state index is 4.33. The van der Waals surface area contributed by atoms with Gasteiger partial charge in [-0.2, -0.15) is 0 Å². The molecule has 2 heteroatoms. The van der Waals surface area contributed by atoms with E-state index in [1.807, 2.05) is 6.20 Å². The molecule has 0 saturated heterocycles. The van der Waals surface area contributed by atoms with Gasteiger partial charge in [0.25, 0.3) is 0 Å². The van der Waals surface area contributed by atoms with Gasteiger partial charge in [-0.1, -0.05) is 31.2 Å². The molecule has 2 aromatic rings. The lowest BCUT2D eigenvalue weighted by Gasteiger charge is -2.01. The second-order valence-electron chi connectivity index (χ2n) is 2.83. The molecule has 0 unspecified atom stereocenters. The number of hydrogen-bond donors (Lipinski definition) is 0. The van der Waals surface area contributed by atoms with Crippen LogP contribution in [0.15, 0.2) is 36.5 Å². The molecule has 1 heterocycles. The number of aromatic nitrogens is 1. The molecule has 13 heavy (non-hydrogen) atoms. The molecule has 0 fully saturated rings. The topological polar surface area (TPSA) is 12.9 Å². The summed E-state index contributed by atoms with van der Waals surface area (Å²) in [5.74, 6) is 0. The largest absolute Gasteiger partial charge is 0.261 e. The van der Waals surface area contributed by atoms with Crippen LogP contribution >= 0.6 is 17.0 Å². The van der Waals surface area contributed by atoms with Crippen LogP contribution in [0.1, 0.15) is 12.6 Å². The predicted octanol–water partition coefficient (Wildman–Crippen LogP) is 3.38. The van der Waals surface area contributed by atoms with E-state index >= 15 is 0 Å². The average molecular weight is 238 g/mol. The van der Waals surface area contributed by atoms with Gasteiger partial charge in [-0.3, -0.25) is 4.98 Å². The highest BCUT2D eigenvalue weighted by molar-refractivity contribution is 8.93. The monoisotopic (exact) mass is 237 g/mol. The fourth-order valence-corrected chi connectivity index (χ4v) is 1.46. The summed E-state index contributed by atoms with van der Waals surface area (Å²) in [7, 11) is 0. The van der Waals surface area contributed by atoms with E-state index in [1.54, 1.807) is 0 Å². The summed E-state index contributed by atoms with van der Waals surface area (Å²) in [6.07, 6.45) is 2.88. The molecule has 0 aliphatic heterocycles. The van der Waals surface area contributed by atoms with E-state index in [-0.39, 0.29) is 17.0 Å².